The summed E-state index contributed by atoms with van der Waals surface area (Å²) < 4.78 is 0. The third-order valence-corrected chi connectivity index (χ3v) is 6.97. The molecule has 0 radical (unpaired) electrons. The predicted octanol–water partition coefficient (Wildman–Crippen LogP) is 2.77. The molecule has 1 aromatic rings. The quantitative estimate of drug-likeness (QED) is 0.534. The summed E-state index contributed by atoms with van der Waals surface area (Å²) in [6.45, 7) is 10.2. The lowest BCUT2D eigenvalue weighted by molar-refractivity contribution is 0.197. The van der Waals surface area contributed by atoms with Gasteiger partial charge in [0.05, 0.1) is 6.54 Å². The Bertz CT molecular complexity index is 718. The van der Waals surface area contributed by atoms with Crippen molar-refractivity contribution in [3.05, 3.63) is 28.8 Å². The van der Waals surface area contributed by atoms with E-state index in [2.05, 4.69) is 51.4 Å². The minimum absolute atomic E-state index is 0.501. The zero-order valence-electron chi connectivity index (χ0n) is 18.5. The molecular weight excluding hydrogens is 396 g/mol. The predicted molar refractivity (Wildman–Crippen MR) is 127 cm³/mol. The van der Waals surface area contributed by atoms with E-state index < -0.39 is 0 Å². The molecule has 4 rings (SSSR count). The molecule has 0 spiro atoms. The Balaban J connectivity index is 1.41. The molecule has 2 aliphatic heterocycles. The number of guanidine groups is 1. The van der Waals surface area contributed by atoms with E-state index in [9.17, 15) is 0 Å². The maximum Gasteiger partial charge on any atom is 0.191 e. The average molecular weight is 433 g/mol. The number of rotatable bonds is 6. The van der Waals surface area contributed by atoms with Gasteiger partial charge in [0.15, 0.2) is 5.96 Å². The minimum atomic E-state index is 0.501. The molecule has 7 heteroatoms. The van der Waals surface area contributed by atoms with Crippen LogP contribution in [0.25, 0.3) is 0 Å². The molecule has 3 fully saturated rings. The zero-order chi connectivity index (χ0) is 20.9. The highest BCUT2D eigenvalue weighted by atomic mass is 35.5. The first-order valence-electron chi connectivity index (χ1n) is 11.6. The lowest BCUT2D eigenvalue weighted by Gasteiger charge is -2.35. The summed E-state index contributed by atoms with van der Waals surface area (Å²) in [5.74, 6) is 0.909. The largest absolute Gasteiger partial charge is 0.369 e. The standard InChI is InChI=1S/C23H37ClN6/c1-3-25-23(27-18-9-11-29(12-10-18)19-7-8-19)26-17-20-21(24)5-4-6-22(20)30-15-13-28(2)14-16-30/h4-6,18-19H,3,7-17H2,1-2H3,(H2,25,26,27). The van der Waals surface area contributed by atoms with Crippen molar-refractivity contribution in [3.8, 4) is 0 Å². The first-order chi connectivity index (χ1) is 14.6. The molecule has 166 valence electrons. The summed E-state index contributed by atoms with van der Waals surface area (Å²) in [5, 5.41) is 7.92. The molecule has 1 aliphatic carbocycles. The molecule has 2 saturated heterocycles. The van der Waals surface area contributed by atoms with Crippen LogP contribution in [0.3, 0.4) is 0 Å². The fraction of sp³-hybridized carbons (Fsp3) is 0.696. The molecule has 0 atom stereocenters. The number of hydrogen-bond donors (Lipinski definition) is 2. The highest BCUT2D eigenvalue weighted by molar-refractivity contribution is 6.31. The monoisotopic (exact) mass is 432 g/mol. The van der Waals surface area contributed by atoms with Crippen LogP contribution in [0.2, 0.25) is 5.02 Å². The maximum absolute atomic E-state index is 6.63. The van der Waals surface area contributed by atoms with Gasteiger partial charge < -0.3 is 25.3 Å². The van der Waals surface area contributed by atoms with Gasteiger partial charge >= 0.3 is 0 Å². The Labute approximate surface area is 186 Å². The van der Waals surface area contributed by atoms with E-state index in [1.54, 1.807) is 0 Å². The molecule has 0 bridgehead atoms. The van der Waals surface area contributed by atoms with Crippen molar-refractivity contribution in [1.82, 2.24) is 20.4 Å². The normalized spacial score (nSPS) is 22.4. The smallest absolute Gasteiger partial charge is 0.191 e. The van der Waals surface area contributed by atoms with Gasteiger partial charge in [-0.2, -0.15) is 0 Å². The van der Waals surface area contributed by atoms with E-state index in [1.165, 1.54) is 44.5 Å². The molecule has 0 aromatic heterocycles. The highest BCUT2D eigenvalue weighted by Gasteiger charge is 2.32. The number of halogens is 1. The number of nitrogens with zero attached hydrogens (tertiary/aromatic N) is 4. The van der Waals surface area contributed by atoms with Crippen LogP contribution in [-0.2, 0) is 6.54 Å². The molecule has 6 nitrogen and oxygen atoms in total. The molecule has 3 aliphatic rings. The molecule has 1 saturated carbocycles. The van der Waals surface area contributed by atoms with Gasteiger partial charge in [0.25, 0.3) is 0 Å². The fourth-order valence-corrected chi connectivity index (χ4v) is 4.80. The first kappa shape index (κ1) is 21.7. The second-order valence-corrected chi connectivity index (χ2v) is 9.32. The molecule has 0 amide bonds. The van der Waals surface area contributed by atoms with Gasteiger partial charge in [-0.05, 0) is 51.8 Å². The number of nitrogens with one attached hydrogen (secondary N) is 2. The fourth-order valence-electron chi connectivity index (χ4n) is 4.57. The lowest BCUT2D eigenvalue weighted by Crippen LogP contribution is -2.49. The lowest BCUT2D eigenvalue weighted by atomic mass is 10.1. The Hall–Kier alpha value is -1.50. The average Bonchev–Trinajstić information content (AvgIpc) is 3.59. The van der Waals surface area contributed by atoms with Crippen molar-refractivity contribution < 1.29 is 0 Å². The number of aliphatic imine (C=N–C) groups is 1. The Morgan fingerprint density at radius 1 is 1.07 bits per heavy atom. The minimum Gasteiger partial charge on any atom is -0.369 e. The molecule has 2 heterocycles. The van der Waals surface area contributed by atoms with Gasteiger partial charge in [-0.3, -0.25) is 0 Å². The molecule has 2 N–H and O–H groups in total. The summed E-state index contributed by atoms with van der Waals surface area (Å²) in [6.07, 6.45) is 5.18. The van der Waals surface area contributed by atoms with Crippen molar-refractivity contribution in [2.45, 2.75) is 51.2 Å². The molecule has 0 unspecified atom stereocenters. The number of likely N-dealkylation sites (N-methyl/N-ethyl adjacent to an activating group) is 1. The zero-order valence-corrected chi connectivity index (χ0v) is 19.3. The maximum atomic E-state index is 6.63. The topological polar surface area (TPSA) is 46.1 Å². The second kappa shape index (κ2) is 10.2. The number of hydrogen-bond acceptors (Lipinski definition) is 4. The third kappa shape index (κ3) is 5.59. The summed E-state index contributed by atoms with van der Waals surface area (Å²) >= 11 is 6.63. The molecule has 30 heavy (non-hydrogen) atoms. The van der Waals surface area contributed by atoms with Crippen LogP contribution in [-0.4, -0.2) is 80.7 Å². The number of piperazine rings is 1. The first-order valence-corrected chi connectivity index (χ1v) is 12.0. The summed E-state index contributed by atoms with van der Waals surface area (Å²) in [4.78, 5) is 12.4. The van der Waals surface area contributed by atoms with E-state index in [0.717, 1.165) is 55.3 Å². The van der Waals surface area contributed by atoms with Crippen LogP contribution in [0.4, 0.5) is 5.69 Å². The summed E-state index contributed by atoms with van der Waals surface area (Å²) in [5.41, 5.74) is 2.36. The van der Waals surface area contributed by atoms with E-state index in [0.29, 0.717) is 12.6 Å². The van der Waals surface area contributed by atoms with E-state index in [4.69, 9.17) is 16.6 Å². The number of likely N-dealkylation sites (tertiary alicyclic amines) is 1. The highest BCUT2D eigenvalue weighted by Crippen LogP contribution is 2.30. The van der Waals surface area contributed by atoms with Crippen molar-refractivity contribution in [2.75, 3.05) is 57.8 Å². The van der Waals surface area contributed by atoms with Crippen LogP contribution in [0.1, 0.15) is 38.2 Å². The van der Waals surface area contributed by atoms with Crippen LogP contribution >= 0.6 is 11.6 Å². The molecule has 1 aromatic carbocycles. The van der Waals surface area contributed by atoms with E-state index >= 15 is 0 Å². The van der Waals surface area contributed by atoms with Gasteiger partial charge in [-0.1, -0.05) is 17.7 Å². The van der Waals surface area contributed by atoms with Gasteiger partial charge in [0.2, 0.25) is 0 Å². The Morgan fingerprint density at radius 3 is 2.47 bits per heavy atom. The Kier molecular flexibility index (Phi) is 7.39. The second-order valence-electron chi connectivity index (χ2n) is 8.91. The summed E-state index contributed by atoms with van der Waals surface area (Å²) in [7, 11) is 2.18. The van der Waals surface area contributed by atoms with Crippen molar-refractivity contribution in [2.24, 2.45) is 4.99 Å². The summed E-state index contributed by atoms with van der Waals surface area (Å²) in [6, 6.07) is 7.61. The van der Waals surface area contributed by atoms with Gasteiger partial charge in [-0.25, -0.2) is 4.99 Å². The van der Waals surface area contributed by atoms with Gasteiger partial charge in [0, 0.05) is 74.2 Å². The van der Waals surface area contributed by atoms with Crippen molar-refractivity contribution in [3.63, 3.8) is 0 Å². The van der Waals surface area contributed by atoms with E-state index in [-0.39, 0.29) is 0 Å². The van der Waals surface area contributed by atoms with E-state index in [1.807, 2.05) is 6.07 Å². The van der Waals surface area contributed by atoms with Crippen LogP contribution in [0.5, 0.6) is 0 Å². The number of anilines is 1. The Morgan fingerprint density at radius 2 is 1.80 bits per heavy atom. The van der Waals surface area contributed by atoms with Crippen LogP contribution in [0, 0.1) is 0 Å². The van der Waals surface area contributed by atoms with Gasteiger partial charge in [0.1, 0.15) is 0 Å². The molecular formula is C23H37ClN6. The van der Waals surface area contributed by atoms with Crippen molar-refractivity contribution in [1.29, 1.82) is 0 Å². The van der Waals surface area contributed by atoms with Crippen LogP contribution < -0.4 is 15.5 Å². The number of piperidine rings is 1. The third-order valence-electron chi connectivity index (χ3n) is 6.61. The number of benzene rings is 1. The van der Waals surface area contributed by atoms with Gasteiger partial charge in [-0.15, -0.1) is 0 Å². The van der Waals surface area contributed by atoms with Crippen LogP contribution in [0.15, 0.2) is 23.2 Å². The SMILES string of the molecule is CCNC(=NCc1c(Cl)cccc1N1CCN(C)CC1)NC1CCN(C2CC2)CC1. The van der Waals surface area contributed by atoms with Crippen molar-refractivity contribution >= 4 is 23.2 Å².